The molecule has 1 amide bonds. The predicted octanol–water partition coefficient (Wildman–Crippen LogP) is 1.27. The average molecular weight is 207 g/mol. The summed E-state index contributed by atoms with van der Waals surface area (Å²) in [5, 5.41) is 7.34. The van der Waals surface area contributed by atoms with Crippen molar-refractivity contribution in [3.05, 3.63) is 17.0 Å². The smallest absolute Gasteiger partial charge is 0.222 e. The van der Waals surface area contributed by atoms with E-state index in [0.29, 0.717) is 6.42 Å². The van der Waals surface area contributed by atoms with Gasteiger partial charge >= 0.3 is 0 Å². The fraction of sp³-hybridized carbons (Fsp3) is 0.636. The van der Waals surface area contributed by atoms with Crippen LogP contribution in [0.5, 0.6) is 0 Å². The quantitative estimate of drug-likeness (QED) is 0.793. The Morgan fingerprint density at radius 1 is 1.53 bits per heavy atom. The number of aromatic nitrogens is 2. The molecule has 0 fully saturated rings. The molecule has 1 aromatic heterocycles. The van der Waals surface area contributed by atoms with Crippen molar-refractivity contribution in [1.29, 1.82) is 0 Å². The van der Waals surface area contributed by atoms with Gasteiger partial charge in [-0.1, -0.05) is 13.8 Å². The Morgan fingerprint density at radius 3 is 3.00 bits per heavy atom. The van der Waals surface area contributed by atoms with E-state index in [1.807, 2.05) is 11.8 Å². The number of aromatic amines is 1. The number of hydrogen-bond donors (Lipinski definition) is 1. The molecule has 82 valence electrons. The Hall–Kier alpha value is -1.32. The molecule has 2 heterocycles. The third-order valence-corrected chi connectivity index (χ3v) is 3.01. The summed E-state index contributed by atoms with van der Waals surface area (Å²) < 4.78 is 0. The van der Waals surface area contributed by atoms with Crippen molar-refractivity contribution < 1.29 is 4.79 Å². The molecule has 1 aliphatic heterocycles. The fourth-order valence-electron chi connectivity index (χ4n) is 2.08. The van der Waals surface area contributed by atoms with Crippen LogP contribution in [0.25, 0.3) is 0 Å². The molecule has 0 atom stereocenters. The number of carbonyl (C=O) groups excluding carboxylic acids is 1. The maximum Gasteiger partial charge on any atom is 0.222 e. The molecule has 1 aromatic rings. The van der Waals surface area contributed by atoms with Gasteiger partial charge < -0.3 is 4.90 Å². The summed E-state index contributed by atoms with van der Waals surface area (Å²) in [6.45, 7) is 5.57. The van der Waals surface area contributed by atoms with Crippen molar-refractivity contribution in [2.75, 3.05) is 6.54 Å². The molecule has 0 saturated heterocycles. The summed E-state index contributed by atoms with van der Waals surface area (Å²) in [5.74, 6) is 0.240. The molecule has 0 aliphatic carbocycles. The van der Waals surface area contributed by atoms with Gasteiger partial charge in [0.15, 0.2) is 0 Å². The largest absolute Gasteiger partial charge is 0.338 e. The minimum Gasteiger partial charge on any atom is -0.338 e. The molecule has 4 nitrogen and oxygen atoms in total. The zero-order valence-corrected chi connectivity index (χ0v) is 9.34. The van der Waals surface area contributed by atoms with Gasteiger partial charge in [0.05, 0.1) is 5.69 Å². The van der Waals surface area contributed by atoms with E-state index in [0.717, 1.165) is 31.6 Å². The first-order chi connectivity index (χ1) is 7.26. The van der Waals surface area contributed by atoms with Gasteiger partial charge in [-0.25, -0.2) is 0 Å². The first kappa shape index (κ1) is 10.2. The normalized spacial score (nSPS) is 15.2. The molecule has 0 saturated carbocycles. The van der Waals surface area contributed by atoms with Crippen LogP contribution in [0.2, 0.25) is 0 Å². The Labute approximate surface area is 89.7 Å². The summed E-state index contributed by atoms with van der Waals surface area (Å²) in [7, 11) is 0. The Kier molecular flexibility index (Phi) is 2.75. The maximum atomic E-state index is 11.6. The molecular weight excluding hydrogens is 190 g/mol. The van der Waals surface area contributed by atoms with E-state index in [9.17, 15) is 4.79 Å². The molecular formula is C11H17N3O. The van der Waals surface area contributed by atoms with Crippen molar-refractivity contribution >= 4 is 5.91 Å². The van der Waals surface area contributed by atoms with Crippen LogP contribution in [0.1, 0.15) is 37.2 Å². The second-order valence-electron chi connectivity index (χ2n) is 3.90. The number of amides is 1. The monoisotopic (exact) mass is 207 g/mol. The highest BCUT2D eigenvalue weighted by Gasteiger charge is 2.23. The molecule has 15 heavy (non-hydrogen) atoms. The van der Waals surface area contributed by atoms with E-state index in [4.69, 9.17) is 0 Å². The van der Waals surface area contributed by atoms with Crippen molar-refractivity contribution in [3.63, 3.8) is 0 Å². The van der Waals surface area contributed by atoms with E-state index >= 15 is 0 Å². The molecule has 0 radical (unpaired) electrons. The van der Waals surface area contributed by atoms with Crippen LogP contribution in [0.3, 0.4) is 0 Å². The molecule has 1 aliphatic rings. The van der Waals surface area contributed by atoms with Gasteiger partial charge in [-0.05, 0) is 6.42 Å². The van der Waals surface area contributed by atoms with E-state index in [1.54, 1.807) is 0 Å². The first-order valence-electron chi connectivity index (χ1n) is 5.59. The number of H-pyrrole nitrogens is 1. The van der Waals surface area contributed by atoms with Gasteiger partial charge in [-0.2, -0.15) is 5.10 Å². The number of aryl methyl sites for hydroxylation is 1. The van der Waals surface area contributed by atoms with Crippen molar-refractivity contribution in [1.82, 2.24) is 15.1 Å². The summed E-state index contributed by atoms with van der Waals surface area (Å²) in [4.78, 5) is 13.5. The fourth-order valence-corrected chi connectivity index (χ4v) is 2.08. The zero-order valence-electron chi connectivity index (χ0n) is 9.34. The molecule has 0 unspecified atom stereocenters. The van der Waals surface area contributed by atoms with Gasteiger partial charge in [-0.3, -0.25) is 9.89 Å². The van der Waals surface area contributed by atoms with Crippen LogP contribution in [-0.4, -0.2) is 27.5 Å². The lowest BCUT2D eigenvalue weighted by Crippen LogP contribution is -2.35. The topological polar surface area (TPSA) is 49.0 Å². The van der Waals surface area contributed by atoms with Gasteiger partial charge in [0, 0.05) is 37.2 Å². The van der Waals surface area contributed by atoms with Crippen LogP contribution < -0.4 is 0 Å². The van der Waals surface area contributed by atoms with Crippen LogP contribution in [0, 0.1) is 0 Å². The van der Waals surface area contributed by atoms with E-state index < -0.39 is 0 Å². The lowest BCUT2D eigenvalue weighted by molar-refractivity contribution is -0.131. The third-order valence-electron chi connectivity index (χ3n) is 3.01. The molecule has 0 bridgehead atoms. The third kappa shape index (κ3) is 1.76. The van der Waals surface area contributed by atoms with E-state index in [-0.39, 0.29) is 5.91 Å². The van der Waals surface area contributed by atoms with E-state index in [1.165, 1.54) is 11.3 Å². The van der Waals surface area contributed by atoms with Gasteiger partial charge in [-0.15, -0.1) is 0 Å². The number of hydrogen-bond acceptors (Lipinski definition) is 2. The second-order valence-corrected chi connectivity index (χ2v) is 3.90. The lowest BCUT2D eigenvalue weighted by Gasteiger charge is -2.26. The first-order valence-corrected chi connectivity index (χ1v) is 5.59. The van der Waals surface area contributed by atoms with Crippen LogP contribution in [0.4, 0.5) is 0 Å². The summed E-state index contributed by atoms with van der Waals surface area (Å²) in [5.41, 5.74) is 3.57. The molecule has 0 spiro atoms. The Bertz CT molecular complexity index is 356. The van der Waals surface area contributed by atoms with Gasteiger partial charge in [0.1, 0.15) is 0 Å². The minimum atomic E-state index is 0.240. The number of carbonyl (C=O) groups is 1. The van der Waals surface area contributed by atoms with Crippen molar-refractivity contribution in [2.24, 2.45) is 0 Å². The zero-order chi connectivity index (χ0) is 10.8. The Morgan fingerprint density at radius 2 is 2.33 bits per heavy atom. The van der Waals surface area contributed by atoms with Crippen LogP contribution in [-0.2, 0) is 24.2 Å². The number of fused-ring (bicyclic) bond motifs is 1. The van der Waals surface area contributed by atoms with Gasteiger partial charge in [0.2, 0.25) is 5.91 Å². The number of nitrogens with one attached hydrogen (secondary N) is 1. The minimum absolute atomic E-state index is 0.240. The highest BCUT2D eigenvalue weighted by atomic mass is 16.2. The highest BCUT2D eigenvalue weighted by Crippen LogP contribution is 2.20. The molecule has 1 N–H and O–H groups in total. The number of nitrogens with zero attached hydrogens (tertiary/aromatic N) is 2. The van der Waals surface area contributed by atoms with Crippen LogP contribution in [0.15, 0.2) is 0 Å². The van der Waals surface area contributed by atoms with E-state index in [2.05, 4.69) is 17.1 Å². The molecule has 4 heteroatoms. The summed E-state index contributed by atoms with van der Waals surface area (Å²) >= 11 is 0. The number of rotatable bonds is 2. The standard InChI is InChI=1S/C11H17N3O/c1-3-9-8-7-14(11(15)4-2)6-5-10(8)13-12-9/h3-7H2,1-2H3,(H,12,13). The summed E-state index contributed by atoms with van der Waals surface area (Å²) in [6.07, 6.45) is 2.43. The SMILES string of the molecule is CCC(=O)N1CCc2[nH]nc(CC)c2C1. The molecule has 0 aromatic carbocycles. The van der Waals surface area contributed by atoms with Gasteiger partial charge in [0.25, 0.3) is 0 Å². The van der Waals surface area contributed by atoms with Crippen LogP contribution >= 0.6 is 0 Å². The highest BCUT2D eigenvalue weighted by molar-refractivity contribution is 5.76. The lowest BCUT2D eigenvalue weighted by atomic mass is 10.0. The Balaban J connectivity index is 2.20. The predicted molar refractivity (Wildman–Crippen MR) is 57.4 cm³/mol. The molecule has 2 rings (SSSR count). The second kappa shape index (κ2) is 4.04. The average Bonchev–Trinajstić information content (AvgIpc) is 2.69. The summed E-state index contributed by atoms with van der Waals surface area (Å²) in [6, 6.07) is 0. The maximum absolute atomic E-state index is 11.6. The van der Waals surface area contributed by atoms with Crippen molar-refractivity contribution in [3.8, 4) is 0 Å². The van der Waals surface area contributed by atoms with Crippen molar-refractivity contribution in [2.45, 2.75) is 39.7 Å².